The summed E-state index contributed by atoms with van der Waals surface area (Å²) in [5.74, 6) is -0.0269. The highest BCUT2D eigenvalue weighted by Crippen LogP contribution is 2.39. The summed E-state index contributed by atoms with van der Waals surface area (Å²) in [7, 11) is 0. The van der Waals surface area contributed by atoms with Crippen molar-refractivity contribution < 1.29 is 19.4 Å². The molecule has 0 bridgehead atoms. The van der Waals surface area contributed by atoms with Crippen molar-refractivity contribution in [3.05, 3.63) is 29.8 Å². The SMILES string of the molecule is O=C(O)CN1CCC2(CC1)CC(=O)c1ccccc1O2. The van der Waals surface area contributed by atoms with E-state index < -0.39 is 11.6 Å². The summed E-state index contributed by atoms with van der Waals surface area (Å²) >= 11 is 0. The summed E-state index contributed by atoms with van der Waals surface area (Å²) < 4.78 is 6.09. The molecule has 1 N–H and O–H groups in total. The van der Waals surface area contributed by atoms with Crippen molar-refractivity contribution in [2.45, 2.75) is 24.9 Å². The molecule has 1 spiro atoms. The Bertz CT molecular complexity index is 547. The van der Waals surface area contributed by atoms with Crippen LogP contribution in [0.1, 0.15) is 29.6 Å². The van der Waals surface area contributed by atoms with Gasteiger partial charge in [0.1, 0.15) is 11.4 Å². The van der Waals surface area contributed by atoms with Crippen LogP contribution >= 0.6 is 0 Å². The number of carboxylic acid groups (broad SMARTS) is 1. The molecule has 0 aliphatic carbocycles. The topological polar surface area (TPSA) is 66.8 Å². The number of rotatable bonds is 2. The summed E-state index contributed by atoms with van der Waals surface area (Å²) in [6.45, 7) is 1.37. The predicted octanol–water partition coefficient (Wildman–Crippen LogP) is 1.57. The number of ether oxygens (including phenoxy) is 1. The van der Waals surface area contributed by atoms with Gasteiger partial charge in [-0.05, 0) is 12.1 Å². The number of Topliss-reactive ketones (excluding diaryl/α,β-unsaturated/α-hetero) is 1. The van der Waals surface area contributed by atoms with Crippen molar-refractivity contribution >= 4 is 11.8 Å². The predicted molar refractivity (Wildman–Crippen MR) is 72.1 cm³/mol. The molecule has 2 aliphatic rings. The molecule has 1 aromatic rings. The Morgan fingerprint density at radius 3 is 2.70 bits per heavy atom. The zero-order valence-electron chi connectivity index (χ0n) is 11.2. The molecule has 0 saturated carbocycles. The molecule has 5 heteroatoms. The number of hydrogen-bond donors (Lipinski definition) is 1. The van der Waals surface area contributed by atoms with Gasteiger partial charge in [-0.1, -0.05) is 12.1 Å². The van der Waals surface area contributed by atoms with E-state index in [2.05, 4.69) is 0 Å². The molecule has 20 heavy (non-hydrogen) atoms. The van der Waals surface area contributed by atoms with Gasteiger partial charge >= 0.3 is 5.97 Å². The molecular formula is C15H17NO4. The van der Waals surface area contributed by atoms with E-state index in [1.165, 1.54) is 0 Å². The summed E-state index contributed by atoms with van der Waals surface area (Å²) in [5.41, 5.74) is 0.214. The maximum absolute atomic E-state index is 12.2. The summed E-state index contributed by atoms with van der Waals surface area (Å²) in [4.78, 5) is 24.8. The first-order chi connectivity index (χ1) is 9.58. The minimum atomic E-state index is -0.813. The fraction of sp³-hybridized carbons (Fsp3) is 0.467. The number of likely N-dealkylation sites (tertiary alicyclic amines) is 1. The molecule has 106 valence electrons. The summed E-state index contributed by atoms with van der Waals surface area (Å²) in [5, 5.41) is 8.81. The first kappa shape index (κ1) is 13.1. The van der Waals surface area contributed by atoms with E-state index >= 15 is 0 Å². The van der Waals surface area contributed by atoms with Gasteiger partial charge in [-0.25, -0.2) is 0 Å². The summed E-state index contributed by atoms with van der Waals surface area (Å²) in [6.07, 6.45) is 1.78. The van der Waals surface area contributed by atoms with Crippen molar-refractivity contribution in [1.29, 1.82) is 0 Å². The number of carbonyl (C=O) groups is 2. The molecule has 2 aliphatic heterocycles. The minimum Gasteiger partial charge on any atom is -0.486 e. The lowest BCUT2D eigenvalue weighted by Crippen LogP contribution is -2.51. The van der Waals surface area contributed by atoms with Crippen LogP contribution in [0, 0.1) is 0 Å². The second kappa shape index (κ2) is 4.90. The van der Waals surface area contributed by atoms with E-state index in [9.17, 15) is 9.59 Å². The van der Waals surface area contributed by atoms with Gasteiger partial charge in [-0.2, -0.15) is 0 Å². The van der Waals surface area contributed by atoms with Crippen molar-refractivity contribution in [3.8, 4) is 5.75 Å². The average Bonchev–Trinajstić information content (AvgIpc) is 2.41. The largest absolute Gasteiger partial charge is 0.486 e. The van der Waals surface area contributed by atoms with Gasteiger partial charge in [-0.3, -0.25) is 14.5 Å². The number of carbonyl (C=O) groups excluding carboxylic acids is 1. The van der Waals surface area contributed by atoms with E-state index in [1.54, 1.807) is 6.07 Å². The zero-order chi connectivity index (χ0) is 14.2. The van der Waals surface area contributed by atoms with Crippen molar-refractivity contribution in [3.63, 3.8) is 0 Å². The first-order valence-electron chi connectivity index (χ1n) is 6.83. The van der Waals surface area contributed by atoms with Gasteiger partial charge in [-0.15, -0.1) is 0 Å². The van der Waals surface area contributed by atoms with Crippen LogP contribution in [0.2, 0.25) is 0 Å². The van der Waals surface area contributed by atoms with Gasteiger partial charge in [0.2, 0.25) is 0 Å². The Hall–Kier alpha value is -1.88. The Morgan fingerprint density at radius 2 is 2.00 bits per heavy atom. The normalized spacial score (nSPS) is 21.3. The second-order valence-corrected chi connectivity index (χ2v) is 5.55. The molecule has 0 unspecified atom stereocenters. The maximum Gasteiger partial charge on any atom is 0.317 e. The molecule has 0 aromatic heterocycles. The Balaban J connectivity index is 1.74. The van der Waals surface area contributed by atoms with Gasteiger partial charge < -0.3 is 9.84 Å². The highest BCUT2D eigenvalue weighted by molar-refractivity contribution is 6.00. The van der Waals surface area contributed by atoms with E-state index in [0.717, 1.165) is 0 Å². The van der Waals surface area contributed by atoms with E-state index in [1.807, 2.05) is 23.1 Å². The third-order valence-electron chi connectivity index (χ3n) is 4.12. The maximum atomic E-state index is 12.2. The number of piperidine rings is 1. The van der Waals surface area contributed by atoms with E-state index in [4.69, 9.17) is 9.84 Å². The van der Waals surface area contributed by atoms with Crippen LogP contribution in [0.4, 0.5) is 0 Å². The Kier molecular flexibility index (Phi) is 3.22. The van der Waals surface area contributed by atoms with Crippen LogP contribution in [0.5, 0.6) is 5.75 Å². The quantitative estimate of drug-likeness (QED) is 0.887. The molecule has 0 radical (unpaired) electrons. The van der Waals surface area contributed by atoms with Crippen LogP contribution in [0.15, 0.2) is 24.3 Å². The van der Waals surface area contributed by atoms with Crippen molar-refractivity contribution in [2.24, 2.45) is 0 Å². The van der Waals surface area contributed by atoms with Gasteiger partial charge in [0.15, 0.2) is 5.78 Å². The highest BCUT2D eigenvalue weighted by atomic mass is 16.5. The third kappa shape index (κ3) is 2.41. The number of para-hydroxylation sites is 1. The lowest BCUT2D eigenvalue weighted by Gasteiger charge is -2.43. The fourth-order valence-corrected chi connectivity index (χ4v) is 3.03. The average molecular weight is 275 g/mol. The van der Waals surface area contributed by atoms with E-state index in [0.29, 0.717) is 43.7 Å². The molecule has 2 heterocycles. The number of aliphatic carboxylic acids is 1. The molecular weight excluding hydrogens is 258 g/mol. The van der Waals surface area contributed by atoms with Gasteiger partial charge in [0.05, 0.1) is 18.5 Å². The monoisotopic (exact) mass is 275 g/mol. The molecule has 0 atom stereocenters. The number of fused-ring (bicyclic) bond motifs is 1. The lowest BCUT2D eigenvalue weighted by molar-refractivity contribution is -0.139. The Labute approximate surface area is 117 Å². The number of benzene rings is 1. The first-order valence-corrected chi connectivity index (χ1v) is 6.83. The van der Waals surface area contributed by atoms with Crippen LogP contribution in [-0.4, -0.2) is 47.0 Å². The molecule has 1 aromatic carbocycles. The molecule has 3 rings (SSSR count). The number of hydrogen-bond acceptors (Lipinski definition) is 4. The van der Waals surface area contributed by atoms with Gasteiger partial charge in [0.25, 0.3) is 0 Å². The van der Waals surface area contributed by atoms with Crippen LogP contribution in [0.3, 0.4) is 0 Å². The van der Waals surface area contributed by atoms with Crippen molar-refractivity contribution in [2.75, 3.05) is 19.6 Å². The highest BCUT2D eigenvalue weighted by Gasteiger charge is 2.42. The smallest absolute Gasteiger partial charge is 0.317 e. The van der Waals surface area contributed by atoms with Gasteiger partial charge in [0, 0.05) is 25.9 Å². The number of ketones is 1. The zero-order valence-corrected chi connectivity index (χ0v) is 11.2. The van der Waals surface area contributed by atoms with E-state index in [-0.39, 0.29) is 12.3 Å². The van der Waals surface area contributed by atoms with Crippen molar-refractivity contribution in [1.82, 2.24) is 4.90 Å². The standard InChI is InChI=1S/C15H17NO4/c17-12-9-15(20-13-4-2-1-3-11(12)13)5-7-16(8-6-15)10-14(18)19/h1-4H,5-10H2,(H,18,19). The number of carboxylic acids is 1. The molecule has 5 nitrogen and oxygen atoms in total. The molecule has 1 saturated heterocycles. The lowest BCUT2D eigenvalue weighted by atomic mass is 9.82. The van der Waals surface area contributed by atoms with Crippen LogP contribution in [-0.2, 0) is 4.79 Å². The second-order valence-electron chi connectivity index (χ2n) is 5.55. The Morgan fingerprint density at radius 1 is 1.30 bits per heavy atom. The van der Waals surface area contributed by atoms with Crippen LogP contribution in [0.25, 0.3) is 0 Å². The van der Waals surface area contributed by atoms with Crippen LogP contribution < -0.4 is 4.74 Å². The summed E-state index contributed by atoms with van der Waals surface area (Å²) in [6, 6.07) is 7.33. The molecule has 1 fully saturated rings. The molecule has 0 amide bonds. The number of nitrogens with zero attached hydrogens (tertiary/aromatic N) is 1. The third-order valence-corrected chi connectivity index (χ3v) is 4.12. The minimum absolute atomic E-state index is 0.0562. The fourth-order valence-electron chi connectivity index (χ4n) is 3.03.